The van der Waals surface area contributed by atoms with E-state index >= 15 is 0 Å². The van der Waals surface area contributed by atoms with Crippen molar-refractivity contribution in [2.24, 2.45) is 0 Å². The van der Waals surface area contributed by atoms with E-state index in [1.807, 2.05) is 0 Å². The lowest BCUT2D eigenvalue weighted by Crippen LogP contribution is -2.42. The zero-order chi connectivity index (χ0) is 20.7. The predicted molar refractivity (Wildman–Crippen MR) is 94.8 cm³/mol. The molecule has 3 nitrogen and oxygen atoms in total. The van der Waals surface area contributed by atoms with Crippen LogP contribution in [0.5, 0.6) is 0 Å². The summed E-state index contributed by atoms with van der Waals surface area (Å²) in [6.45, 7) is -0.399. The number of anilines is 2. The van der Waals surface area contributed by atoms with Crippen molar-refractivity contribution in [1.82, 2.24) is 5.53 Å². The summed E-state index contributed by atoms with van der Waals surface area (Å²) in [5, 5.41) is 1.73. The lowest BCUT2D eigenvalue weighted by atomic mass is 10.0. The number of hydrogen-bond acceptors (Lipinski definition) is 3. The van der Waals surface area contributed by atoms with Gasteiger partial charge in [0.25, 0.3) is 0 Å². The predicted octanol–water partition coefficient (Wildman–Crippen LogP) is 5.01. The normalized spacial score (nSPS) is 16.6. The number of benzene rings is 3. The van der Waals surface area contributed by atoms with Gasteiger partial charge in [0.05, 0.1) is 12.6 Å². The highest BCUT2D eigenvalue weighted by atomic mass is 19.2. The third-order valence-corrected chi connectivity index (χ3v) is 4.61. The van der Waals surface area contributed by atoms with E-state index < -0.39 is 64.4 Å². The first-order chi connectivity index (χ1) is 13.9. The van der Waals surface area contributed by atoms with Gasteiger partial charge in [-0.15, -0.1) is 5.53 Å². The monoisotopic (exact) mass is 409 g/mol. The second-order valence-corrected chi connectivity index (χ2v) is 6.37. The fourth-order valence-electron chi connectivity index (χ4n) is 3.36. The molecule has 1 aliphatic rings. The van der Waals surface area contributed by atoms with Gasteiger partial charge in [-0.05, 0) is 36.4 Å². The Labute approximate surface area is 161 Å². The van der Waals surface area contributed by atoms with E-state index in [1.165, 1.54) is 0 Å². The summed E-state index contributed by atoms with van der Waals surface area (Å²) in [5.41, 5.74) is 0.778. The highest BCUT2D eigenvalue weighted by molar-refractivity contribution is 5.57. The molecule has 1 saturated heterocycles. The summed E-state index contributed by atoms with van der Waals surface area (Å²) < 4.78 is 86.2. The van der Waals surface area contributed by atoms with E-state index in [0.717, 1.165) is 64.6 Å². The molecule has 1 heterocycles. The molecule has 1 N–H and O–H groups in total. The van der Waals surface area contributed by atoms with Crippen LogP contribution in [-0.4, -0.2) is 6.54 Å². The molecule has 4 rings (SSSR count). The van der Waals surface area contributed by atoms with Gasteiger partial charge in [0.2, 0.25) is 0 Å². The molecule has 1 unspecified atom stereocenters. The first kappa shape index (κ1) is 19.1. The van der Waals surface area contributed by atoms with Crippen molar-refractivity contribution in [3.8, 4) is 0 Å². The molecule has 0 amide bonds. The van der Waals surface area contributed by atoms with Crippen LogP contribution in [0.1, 0.15) is 11.6 Å². The number of rotatable bonds is 3. The fourth-order valence-corrected chi connectivity index (χ4v) is 3.36. The van der Waals surface area contributed by atoms with Crippen LogP contribution in [0.15, 0.2) is 54.6 Å². The van der Waals surface area contributed by atoms with Crippen molar-refractivity contribution in [2.45, 2.75) is 6.04 Å². The molecule has 1 atom stereocenters. The van der Waals surface area contributed by atoms with E-state index in [-0.39, 0.29) is 0 Å². The van der Waals surface area contributed by atoms with Crippen LogP contribution in [0.25, 0.3) is 0 Å². The maximum Gasteiger partial charge on any atom is 0.150 e. The molecule has 3 aromatic carbocycles. The lowest BCUT2D eigenvalue weighted by molar-refractivity contribution is 0.511. The summed E-state index contributed by atoms with van der Waals surface area (Å²) >= 11 is 0. The van der Waals surface area contributed by atoms with Crippen LogP contribution in [-0.2, 0) is 0 Å². The zero-order valence-corrected chi connectivity index (χ0v) is 14.6. The van der Waals surface area contributed by atoms with Gasteiger partial charge in [-0.2, -0.15) is 0 Å². The van der Waals surface area contributed by atoms with Gasteiger partial charge in [-0.3, -0.25) is 10.0 Å². The van der Waals surface area contributed by atoms with Crippen LogP contribution in [0.4, 0.5) is 37.7 Å². The fraction of sp³-hybridized carbons (Fsp3) is 0.100. The second kappa shape index (κ2) is 7.32. The Morgan fingerprint density at radius 3 is 1.52 bits per heavy atom. The number of para-hydroxylation sites is 2. The number of halogens is 6. The quantitative estimate of drug-likeness (QED) is 0.614. The van der Waals surface area contributed by atoms with Crippen molar-refractivity contribution in [3.63, 3.8) is 0 Å². The number of hydrazine groups is 2. The summed E-state index contributed by atoms with van der Waals surface area (Å²) in [7, 11) is 0. The Kier molecular flexibility index (Phi) is 4.83. The summed E-state index contributed by atoms with van der Waals surface area (Å²) in [6, 6.07) is 7.95. The van der Waals surface area contributed by atoms with Gasteiger partial charge in [0.1, 0.15) is 23.0 Å². The Morgan fingerprint density at radius 1 is 0.621 bits per heavy atom. The van der Waals surface area contributed by atoms with Crippen molar-refractivity contribution in [3.05, 3.63) is 95.1 Å². The number of hydrogen-bond donors (Lipinski definition) is 1. The van der Waals surface area contributed by atoms with Gasteiger partial charge >= 0.3 is 0 Å². The summed E-state index contributed by atoms with van der Waals surface area (Å²) in [5.74, 6) is -5.88. The first-order valence-corrected chi connectivity index (χ1v) is 8.53. The Hall–Kier alpha value is -3.20. The molecule has 9 heteroatoms. The van der Waals surface area contributed by atoms with Crippen LogP contribution in [0.3, 0.4) is 0 Å². The zero-order valence-electron chi connectivity index (χ0n) is 14.6. The number of nitrogens with zero attached hydrogens (tertiary/aromatic N) is 2. The van der Waals surface area contributed by atoms with E-state index in [9.17, 15) is 26.3 Å². The maximum atomic E-state index is 14.4. The van der Waals surface area contributed by atoms with Crippen LogP contribution < -0.4 is 15.6 Å². The van der Waals surface area contributed by atoms with Gasteiger partial charge < -0.3 is 0 Å². The van der Waals surface area contributed by atoms with Crippen molar-refractivity contribution < 1.29 is 26.3 Å². The molecule has 0 aliphatic carbocycles. The molecule has 0 bridgehead atoms. The van der Waals surface area contributed by atoms with Crippen molar-refractivity contribution in [2.75, 3.05) is 16.6 Å². The standard InChI is InChI=1S/C20H13F6N3/c21-11-4-1-5-12(22)18(11)17-10-28(19-13(23)6-2-7-14(19)24)27-29(17)20-15(25)8-3-9-16(20)26/h1-9,17,27H,10H2. The summed E-state index contributed by atoms with van der Waals surface area (Å²) in [6.07, 6.45) is 0. The third kappa shape index (κ3) is 3.27. The Morgan fingerprint density at radius 2 is 1.03 bits per heavy atom. The van der Waals surface area contributed by atoms with Crippen molar-refractivity contribution in [1.29, 1.82) is 0 Å². The third-order valence-electron chi connectivity index (χ3n) is 4.61. The van der Waals surface area contributed by atoms with Crippen LogP contribution in [0, 0.1) is 34.9 Å². The molecule has 0 spiro atoms. The smallest absolute Gasteiger partial charge is 0.150 e. The molecule has 1 aliphatic heterocycles. The Bertz CT molecular complexity index is 954. The molecule has 1 fully saturated rings. The molecule has 3 aromatic rings. The van der Waals surface area contributed by atoms with E-state index in [1.54, 1.807) is 0 Å². The molecule has 150 valence electrons. The number of nitrogens with one attached hydrogen (secondary N) is 1. The van der Waals surface area contributed by atoms with E-state index in [0.29, 0.717) is 0 Å². The summed E-state index contributed by atoms with van der Waals surface area (Å²) in [4.78, 5) is 0. The average molecular weight is 409 g/mol. The molecule has 0 radical (unpaired) electrons. The van der Waals surface area contributed by atoms with Gasteiger partial charge in [0, 0.05) is 5.56 Å². The lowest BCUT2D eigenvalue weighted by Gasteiger charge is -2.27. The highest BCUT2D eigenvalue weighted by Crippen LogP contribution is 2.38. The average Bonchev–Trinajstić information content (AvgIpc) is 3.05. The minimum absolute atomic E-state index is 0.399. The molecule has 29 heavy (non-hydrogen) atoms. The molecular formula is C20H13F6N3. The molecule has 0 saturated carbocycles. The van der Waals surface area contributed by atoms with Crippen LogP contribution in [0.2, 0.25) is 0 Å². The van der Waals surface area contributed by atoms with Gasteiger partial charge in [-0.1, -0.05) is 18.2 Å². The second-order valence-electron chi connectivity index (χ2n) is 6.37. The molecular weight excluding hydrogens is 396 g/mol. The van der Waals surface area contributed by atoms with E-state index in [4.69, 9.17) is 0 Å². The van der Waals surface area contributed by atoms with Gasteiger partial charge in [-0.25, -0.2) is 26.3 Å². The van der Waals surface area contributed by atoms with Gasteiger partial charge in [0.15, 0.2) is 23.3 Å². The maximum absolute atomic E-state index is 14.4. The Balaban J connectivity index is 1.87. The van der Waals surface area contributed by atoms with Crippen LogP contribution >= 0.6 is 0 Å². The first-order valence-electron chi connectivity index (χ1n) is 8.53. The van der Waals surface area contributed by atoms with E-state index in [2.05, 4.69) is 5.53 Å². The SMILES string of the molecule is Fc1cccc(F)c1C1CN(c2c(F)cccc2F)NN1c1c(F)cccc1F. The highest BCUT2D eigenvalue weighted by Gasteiger charge is 2.39. The minimum atomic E-state index is -1.33. The van der Waals surface area contributed by atoms with Crippen molar-refractivity contribution >= 4 is 11.4 Å². The molecule has 0 aromatic heterocycles. The largest absolute Gasteiger partial charge is 0.282 e. The minimum Gasteiger partial charge on any atom is -0.282 e. The topological polar surface area (TPSA) is 18.5 Å².